The number of halogens is 1. The van der Waals surface area contributed by atoms with Crippen molar-refractivity contribution in [2.45, 2.75) is 12.3 Å². The molecular weight excluding hydrogens is 280 g/mol. The van der Waals surface area contributed by atoms with Crippen molar-refractivity contribution in [3.05, 3.63) is 58.5 Å². The van der Waals surface area contributed by atoms with E-state index in [1.54, 1.807) is 12.1 Å². The van der Waals surface area contributed by atoms with Gasteiger partial charge in [0, 0.05) is 5.92 Å². The third-order valence-corrected chi connectivity index (χ3v) is 3.60. The Kier molecular flexibility index (Phi) is 2.63. The first-order valence-corrected chi connectivity index (χ1v) is 6.39. The van der Waals surface area contributed by atoms with Gasteiger partial charge in [-0.2, -0.15) is 0 Å². The van der Waals surface area contributed by atoms with Gasteiger partial charge in [0.1, 0.15) is 0 Å². The molecule has 1 aliphatic carbocycles. The van der Waals surface area contributed by atoms with Crippen molar-refractivity contribution >= 4 is 21.7 Å². The molecule has 1 aromatic heterocycles. The number of hydrogen-bond donors (Lipinski definition) is 0. The van der Waals surface area contributed by atoms with Gasteiger partial charge in [-0.1, -0.05) is 30.3 Å². The number of rotatable bonds is 3. The van der Waals surface area contributed by atoms with Gasteiger partial charge in [0.2, 0.25) is 5.78 Å². The smallest absolute Gasteiger partial charge is 0.201 e. The molecule has 0 bridgehead atoms. The van der Waals surface area contributed by atoms with E-state index in [-0.39, 0.29) is 11.7 Å². The fraction of sp³-hybridized carbons (Fsp3) is 0.214. The molecule has 3 rings (SSSR count). The minimum atomic E-state index is 0.0930. The highest BCUT2D eigenvalue weighted by Gasteiger charge is 2.44. The van der Waals surface area contributed by atoms with Gasteiger partial charge in [0.05, 0.1) is 0 Å². The number of ketones is 1. The molecule has 0 aliphatic heterocycles. The van der Waals surface area contributed by atoms with E-state index in [0.717, 1.165) is 6.42 Å². The fourth-order valence-corrected chi connectivity index (χ4v) is 2.49. The Morgan fingerprint density at radius 1 is 1.18 bits per heavy atom. The second-order valence-corrected chi connectivity index (χ2v) is 5.11. The molecule has 1 fully saturated rings. The topological polar surface area (TPSA) is 30.2 Å². The molecule has 1 saturated carbocycles. The standard InChI is InChI=1S/C14H11BrO2/c15-13-7-6-12(17-13)14(16)11-8-10(11)9-4-2-1-3-5-9/h1-7,10-11H,8H2. The summed E-state index contributed by atoms with van der Waals surface area (Å²) in [5.41, 5.74) is 1.25. The largest absolute Gasteiger partial charge is 0.446 e. The van der Waals surface area contributed by atoms with Crippen LogP contribution in [-0.2, 0) is 0 Å². The molecule has 2 unspecified atom stereocenters. The van der Waals surface area contributed by atoms with E-state index in [9.17, 15) is 4.79 Å². The highest BCUT2D eigenvalue weighted by molar-refractivity contribution is 9.10. The number of furan rings is 1. The Morgan fingerprint density at radius 3 is 2.59 bits per heavy atom. The van der Waals surface area contributed by atoms with Gasteiger partial charge in [-0.15, -0.1) is 0 Å². The minimum Gasteiger partial charge on any atom is -0.446 e. The van der Waals surface area contributed by atoms with Crippen molar-refractivity contribution in [2.75, 3.05) is 0 Å². The van der Waals surface area contributed by atoms with Gasteiger partial charge in [-0.05, 0) is 46.0 Å². The Labute approximate surface area is 108 Å². The quantitative estimate of drug-likeness (QED) is 0.799. The van der Waals surface area contributed by atoms with E-state index in [4.69, 9.17) is 4.42 Å². The summed E-state index contributed by atoms with van der Waals surface area (Å²) in [6.07, 6.45) is 0.932. The second-order valence-electron chi connectivity index (χ2n) is 4.33. The zero-order valence-corrected chi connectivity index (χ0v) is 10.7. The average molecular weight is 291 g/mol. The lowest BCUT2D eigenvalue weighted by molar-refractivity contribution is 0.0936. The summed E-state index contributed by atoms with van der Waals surface area (Å²) in [4.78, 5) is 12.1. The van der Waals surface area contributed by atoms with Crippen LogP contribution in [0.1, 0.15) is 28.5 Å². The van der Waals surface area contributed by atoms with Crippen molar-refractivity contribution < 1.29 is 9.21 Å². The van der Waals surface area contributed by atoms with Crippen LogP contribution in [0.4, 0.5) is 0 Å². The van der Waals surface area contributed by atoms with Gasteiger partial charge in [0.15, 0.2) is 10.4 Å². The maximum absolute atomic E-state index is 12.1. The molecule has 86 valence electrons. The van der Waals surface area contributed by atoms with Gasteiger partial charge >= 0.3 is 0 Å². The van der Waals surface area contributed by atoms with Crippen LogP contribution in [0.15, 0.2) is 51.6 Å². The van der Waals surface area contributed by atoms with Crippen LogP contribution in [0.3, 0.4) is 0 Å². The zero-order chi connectivity index (χ0) is 11.8. The molecule has 0 N–H and O–H groups in total. The van der Waals surface area contributed by atoms with E-state index in [2.05, 4.69) is 28.1 Å². The summed E-state index contributed by atoms with van der Waals surface area (Å²) >= 11 is 3.21. The fourth-order valence-electron chi connectivity index (χ4n) is 2.18. The van der Waals surface area contributed by atoms with Crippen LogP contribution < -0.4 is 0 Å². The van der Waals surface area contributed by atoms with Crippen LogP contribution in [0, 0.1) is 5.92 Å². The monoisotopic (exact) mass is 290 g/mol. The average Bonchev–Trinajstić information content (AvgIpc) is 3.05. The van der Waals surface area contributed by atoms with Gasteiger partial charge in [0.25, 0.3) is 0 Å². The summed E-state index contributed by atoms with van der Waals surface area (Å²) in [5, 5.41) is 0. The molecular formula is C14H11BrO2. The summed E-state index contributed by atoms with van der Waals surface area (Å²) in [7, 11) is 0. The van der Waals surface area contributed by atoms with E-state index < -0.39 is 0 Å². The molecule has 0 amide bonds. The first-order valence-electron chi connectivity index (χ1n) is 5.60. The Hall–Kier alpha value is -1.35. The van der Waals surface area contributed by atoms with E-state index in [0.29, 0.717) is 16.3 Å². The number of benzene rings is 1. The predicted octanol–water partition coefficient (Wildman–Crippen LogP) is 4.03. The maximum Gasteiger partial charge on any atom is 0.201 e. The van der Waals surface area contributed by atoms with Crippen LogP contribution in [0.5, 0.6) is 0 Å². The van der Waals surface area contributed by atoms with E-state index >= 15 is 0 Å². The number of hydrogen-bond acceptors (Lipinski definition) is 2. The molecule has 0 radical (unpaired) electrons. The highest BCUT2D eigenvalue weighted by atomic mass is 79.9. The molecule has 1 aromatic carbocycles. The van der Waals surface area contributed by atoms with Crippen molar-refractivity contribution in [2.24, 2.45) is 5.92 Å². The van der Waals surface area contributed by atoms with Crippen molar-refractivity contribution in [1.29, 1.82) is 0 Å². The highest BCUT2D eigenvalue weighted by Crippen LogP contribution is 2.49. The summed E-state index contributed by atoms with van der Waals surface area (Å²) in [5.74, 6) is 1.04. The Morgan fingerprint density at radius 2 is 1.94 bits per heavy atom. The molecule has 2 nitrogen and oxygen atoms in total. The lowest BCUT2D eigenvalue weighted by Gasteiger charge is -1.98. The summed E-state index contributed by atoms with van der Waals surface area (Å²) < 4.78 is 5.91. The zero-order valence-electron chi connectivity index (χ0n) is 9.10. The predicted molar refractivity (Wildman–Crippen MR) is 68.0 cm³/mol. The molecule has 1 heterocycles. The first-order chi connectivity index (χ1) is 8.25. The van der Waals surface area contributed by atoms with Gasteiger partial charge in [-0.3, -0.25) is 4.79 Å². The van der Waals surface area contributed by atoms with Crippen LogP contribution >= 0.6 is 15.9 Å². The normalized spacial score (nSPS) is 22.4. The number of Topliss-reactive ketones (excluding diaryl/α,β-unsaturated/α-hetero) is 1. The molecule has 17 heavy (non-hydrogen) atoms. The molecule has 3 heteroatoms. The van der Waals surface area contributed by atoms with E-state index in [1.165, 1.54) is 5.56 Å². The molecule has 0 saturated heterocycles. The SMILES string of the molecule is O=C(c1ccc(Br)o1)C1CC1c1ccccc1. The number of carbonyl (C=O) groups excluding carboxylic acids is 1. The van der Waals surface area contributed by atoms with Gasteiger partial charge < -0.3 is 4.42 Å². The molecule has 2 aromatic rings. The van der Waals surface area contributed by atoms with E-state index in [1.807, 2.05) is 18.2 Å². The minimum absolute atomic E-state index is 0.0930. The van der Waals surface area contributed by atoms with Crippen LogP contribution in [-0.4, -0.2) is 5.78 Å². The lowest BCUT2D eigenvalue weighted by atomic mass is 10.1. The Bertz CT molecular complexity index is 544. The third-order valence-electron chi connectivity index (χ3n) is 3.17. The lowest BCUT2D eigenvalue weighted by Crippen LogP contribution is -2.01. The third kappa shape index (κ3) is 2.07. The number of carbonyl (C=O) groups is 1. The van der Waals surface area contributed by atoms with Crippen molar-refractivity contribution in [3.63, 3.8) is 0 Å². The molecule has 0 spiro atoms. The summed E-state index contributed by atoms with van der Waals surface area (Å²) in [6.45, 7) is 0. The van der Waals surface area contributed by atoms with Crippen LogP contribution in [0.25, 0.3) is 0 Å². The molecule has 2 atom stereocenters. The summed E-state index contributed by atoms with van der Waals surface area (Å²) in [6, 6.07) is 13.7. The second kappa shape index (κ2) is 4.15. The van der Waals surface area contributed by atoms with Crippen molar-refractivity contribution in [1.82, 2.24) is 0 Å². The first kappa shape index (κ1) is 10.8. The maximum atomic E-state index is 12.1. The van der Waals surface area contributed by atoms with Crippen LogP contribution in [0.2, 0.25) is 0 Å². The van der Waals surface area contributed by atoms with Gasteiger partial charge in [-0.25, -0.2) is 0 Å². The Balaban J connectivity index is 1.75. The molecule has 1 aliphatic rings. The van der Waals surface area contributed by atoms with Crippen molar-refractivity contribution in [3.8, 4) is 0 Å².